The molecule has 0 heterocycles. The normalized spacial score (nSPS) is 5.88. The molecular weight excluding hydrogens is 158 g/mol. The molecule has 0 radical (unpaired) electrons. The second-order valence-electron chi connectivity index (χ2n) is 0.594. The molecule has 42 valence electrons. The van der Waals surface area contributed by atoms with Crippen molar-refractivity contribution in [1.29, 1.82) is 0 Å². The molecule has 3 nitrogen and oxygen atoms in total. The summed E-state index contributed by atoms with van der Waals surface area (Å²) in [5.41, 5.74) is 0. The van der Waals surface area contributed by atoms with E-state index in [0.29, 0.717) is 0 Å². The second kappa shape index (κ2) is 15.7. The van der Waals surface area contributed by atoms with E-state index in [4.69, 9.17) is 9.46 Å². The summed E-state index contributed by atoms with van der Waals surface area (Å²) in [6.07, 6.45) is 0. The van der Waals surface area contributed by atoms with E-state index in [1.165, 1.54) is 6.92 Å². The van der Waals surface area contributed by atoms with Crippen LogP contribution in [0.2, 0.25) is 0 Å². The maximum atomic E-state index is 9.31. The summed E-state index contributed by atoms with van der Waals surface area (Å²) in [5, 5.41) is -0.139. The Morgan fingerprint density at radius 3 is 1.75 bits per heavy atom. The average Bonchev–Trinajstić information content (AvgIpc) is 1.33. The Kier molecular flexibility index (Phi) is 31.5. The van der Waals surface area contributed by atoms with Gasteiger partial charge >= 0.3 is 29.6 Å². The third kappa shape index (κ3) is 224. The quantitative estimate of drug-likeness (QED) is 0.235. The Labute approximate surface area is 76.8 Å². The minimum Gasteiger partial charge on any atom is -0.772 e. The van der Waals surface area contributed by atoms with Crippen molar-refractivity contribution in [1.82, 2.24) is 0 Å². The fourth-order valence-corrected chi connectivity index (χ4v) is 0. The van der Waals surface area contributed by atoms with E-state index in [9.17, 15) is 4.79 Å². The summed E-state index contributed by atoms with van der Waals surface area (Å²) in [6, 6.07) is 0. The molecule has 0 aliphatic carbocycles. The first-order valence-corrected chi connectivity index (χ1v) is 2.47. The smallest absolute Gasteiger partial charge is 0.772 e. The van der Waals surface area contributed by atoms with Crippen molar-refractivity contribution in [2.24, 2.45) is 0 Å². The first-order chi connectivity index (χ1) is 3.15. The van der Waals surface area contributed by atoms with E-state index in [-0.39, 0.29) is 34.7 Å². The maximum absolute atomic E-state index is 9.31. The first-order valence-electron chi connectivity index (χ1n) is 1.29. The molecule has 0 aromatic carbocycles. The van der Waals surface area contributed by atoms with Crippen LogP contribution in [0.3, 0.4) is 0 Å². The number of hydrogen-bond acceptors (Lipinski definition) is 3. The Bertz CT molecular complexity index is 64.3. The zero-order valence-corrected chi connectivity index (χ0v) is 8.41. The van der Waals surface area contributed by atoms with Crippen LogP contribution >= 0.6 is 21.3 Å². The molecule has 0 rings (SSSR count). The summed E-state index contributed by atoms with van der Waals surface area (Å²) in [5.74, 6) is 0. The largest absolute Gasteiger partial charge is 1.00 e. The summed E-state index contributed by atoms with van der Waals surface area (Å²) in [6.45, 7) is 1.39. The monoisotopic (exact) mass is 162 g/mol. The summed E-state index contributed by atoms with van der Waals surface area (Å²) < 4.78 is 8.35. The Hall–Kier alpha value is 1.08. The van der Waals surface area contributed by atoms with Crippen LogP contribution < -0.4 is 34.5 Å². The van der Waals surface area contributed by atoms with Gasteiger partial charge in [-0.15, -0.1) is 12.6 Å². The van der Waals surface area contributed by atoms with E-state index >= 15 is 0 Å². The molecule has 0 saturated carbocycles. The van der Waals surface area contributed by atoms with Gasteiger partial charge < -0.3 is 4.89 Å². The van der Waals surface area contributed by atoms with Gasteiger partial charge in [-0.2, -0.15) is 0 Å². The van der Waals surface area contributed by atoms with Crippen LogP contribution in [-0.4, -0.2) is 5.12 Å². The van der Waals surface area contributed by atoms with Gasteiger partial charge in [0.05, 0.1) is 8.69 Å². The average molecular weight is 162 g/mol. The van der Waals surface area contributed by atoms with Gasteiger partial charge in [-0.3, -0.25) is 9.36 Å². The van der Waals surface area contributed by atoms with Crippen LogP contribution in [0.25, 0.3) is 0 Å². The standard InChI is InChI=1S/C2H4OS.Na.HO2P/c1-2(3)4;;1-3-2/h1H3,(H,3,4);;(H,1,2)/q;+1;/p-1. The van der Waals surface area contributed by atoms with Crippen molar-refractivity contribution in [3.8, 4) is 0 Å². The molecule has 8 heavy (non-hydrogen) atoms. The van der Waals surface area contributed by atoms with Gasteiger partial charge in [0.15, 0.2) is 5.12 Å². The molecule has 0 aromatic heterocycles. The van der Waals surface area contributed by atoms with Gasteiger partial charge in [-0.1, -0.05) is 0 Å². The van der Waals surface area contributed by atoms with Crippen molar-refractivity contribution < 1.29 is 43.8 Å². The number of hydrogen-bond donors (Lipinski definition) is 1. The van der Waals surface area contributed by atoms with Crippen LogP contribution in [0.4, 0.5) is 0 Å². The van der Waals surface area contributed by atoms with E-state index in [1.807, 2.05) is 0 Å². The Morgan fingerprint density at radius 1 is 1.75 bits per heavy atom. The molecule has 0 unspecified atom stereocenters. The molecule has 0 aliphatic heterocycles. The fraction of sp³-hybridized carbons (Fsp3) is 0.500. The number of carbonyl (C=O) groups excluding carboxylic acids is 1. The molecular formula is C2H4NaO3PS. The van der Waals surface area contributed by atoms with E-state index in [1.54, 1.807) is 0 Å². The van der Waals surface area contributed by atoms with Crippen molar-refractivity contribution in [3.05, 3.63) is 0 Å². The topological polar surface area (TPSA) is 57.2 Å². The van der Waals surface area contributed by atoms with Crippen LogP contribution in [-0.2, 0) is 9.36 Å². The third-order valence-corrected chi connectivity index (χ3v) is 0. The predicted molar refractivity (Wildman–Crippen MR) is 27.3 cm³/mol. The summed E-state index contributed by atoms with van der Waals surface area (Å²) in [7, 11) is -1.08. The van der Waals surface area contributed by atoms with Gasteiger partial charge in [-0.05, 0) is 0 Å². The molecule has 0 N–H and O–H groups in total. The van der Waals surface area contributed by atoms with Crippen molar-refractivity contribution in [2.45, 2.75) is 6.92 Å². The molecule has 0 fully saturated rings. The molecule has 6 heteroatoms. The molecule has 0 saturated heterocycles. The number of carbonyl (C=O) groups is 1. The molecule has 0 spiro atoms. The first kappa shape index (κ1) is 16.0. The fourth-order valence-electron chi connectivity index (χ4n) is 0. The van der Waals surface area contributed by atoms with Crippen molar-refractivity contribution >= 4 is 26.4 Å². The van der Waals surface area contributed by atoms with Gasteiger partial charge in [0.1, 0.15) is 0 Å². The van der Waals surface area contributed by atoms with Gasteiger partial charge in [0.25, 0.3) is 0 Å². The summed E-state index contributed by atoms with van der Waals surface area (Å²) in [4.78, 5) is 17.7. The number of rotatable bonds is 0. The number of thiol groups is 1. The maximum Gasteiger partial charge on any atom is 1.00 e. The van der Waals surface area contributed by atoms with Crippen LogP contribution in [0.1, 0.15) is 6.92 Å². The third-order valence-electron chi connectivity index (χ3n) is 0. The van der Waals surface area contributed by atoms with Crippen molar-refractivity contribution in [3.63, 3.8) is 0 Å². The van der Waals surface area contributed by atoms with Crippen molar-refractivity contribution in [2.75, 3.05) is 0 Å². The van der Waals surface area contributed by atoms with Gasteiger partial charge in [-0.25, -0.2) is 0 Å². The SMILES string of the molecule is CC(=O)S.O=P[O-].[Na+]. The van der Waals surface area contributed by atoms with Crippen LogP contribution in [0.5, 0.6) is 0 Å². The predicted octanol–water partition coefficient (Wildman–Crippen LogP) is -2.98. The van der Waals surface area contributed by atoms with E-state index in [2.05, 4.69) is 12.6 Å². The summed E-state index contributed by atoms with van der Waals surface area (Å²) >= 11 is 3.33. The molecule has 0 amide bonds. The van der Waals surface area contributed by atoms with Gasteiger partial charge in [0.2, 0.25) is 0 Å². The zero-order chi connectivity index (χ0) is 6.28. The minimum atomic E-state index is -1.08. The molecule has 0 aromatic rings. The molecule has 0 atom stereocenters. The molecule has 0 aliphatic rings. The van der Waals surface area contributed by atoms with Crippen LogP contribution in [0, 0.1) is 0 Å². The zero-order valence-electron chi connectivity index (χ0n) is 4.62. The van der Waals surface area contributed by atoms with E-state index < -0.39 is 8.69 Å². The van der Waals surface area contributed by atoms with Crippen LogP contribution in [0.15, 0.2) is 0 Å². The Morgan fingerprint density at radius 2 is 1.75 bits per heavy atom. The second-order valence-corrected chi connectivity index (χ2v) is 1.37. The minimum absolute atomic E-state index is 0. The molecule has 0 bridgehead atoms. The Balaban J connectivity index is -0.0000000575. The van der Waals surface area contributed by atoms with Gasteiger partial charge in [0, 0.05) is 6.92 Å². The van der Waals surface area contributed by atoms with E-state index in [0.717, 1.165) is 0 Å².